The Balaban J connectivity index is 0.733. The molecule has 8 heterocycles. The molecular formula is C47H54N12O5. The van der Waals surface area contributed by atoms with Gasteiger partial charge in [0.05, 0.1) is 12.2 Å². The first-order valence-electron chi connectivity index (χ1n) is 22.6. The van der Waals surface area contributed by atoms with Crippen LogP contribution < -0.4 is 31.3 Å². The predicted octanol–water partition coefficient (Wildman–Crippen LogP) is 4.17. The lowest BCUT2D eigenvalue weighted by Gasteiger charge is -2.42. The maximum Gasteiger partial charge on any atom is 0.278 e. The maximum absolute atomic E-state index is 13.6. The van der Waals surface area contributed by atoms with Crippen LogP contribution in [0.15, 0.2) is 83.9 Å². The van der Waals surface area contributed by atoms with Gasteiger partial charge in [0.25, 0.3) is 11.5 Å². The summed E-state index contributed by atoms with van der Waals surface area (Å²) >= 11 is 0. The van der Waals surface area contributed by atoms with Gasteiger partial charge in [-0.1, -0.05) is 18.2 Å². The summed E-state index contributed by atoms with van der Waals surface area (Å²) in [5, 5.41) is 19.9. The topological polar surface area (TPSA) is 196 Å². The number of imide groups is 1. The lowest BCUT2D eigenvalue weighted by molar-refractivity contribution is -0.134. The molecule has 3 atom stereocenters. The largest absolute Gasteiger partial charge is 0.384 e. The molecule has 64 heavy (non-hydrogen) atoms. The predicted molar refractivity (Wildman–Crippen MR) is 242 cm³/mol. The van der Waals surface area contributed by atoms with Gasteiger partial charge in [0.1, 0.15) is 22.7 Å². The van der Waals surface area contributed by atoms with Crippen molar-refractivity contribution in [2.24, 2.45) is 5.41 Å². The molecule has 17 heteroatoms. The van der Waals surface area contributed by atoms with Crippen molar-refractivity contribution in [2.75, 3.05) is 54.4 Å². The van der Waals surface area contributed by atoms with Gasteiger partial charge in [-0.05, 0) is 112 Å². The third-order valence-corrected chi connectivity index (χ3v) is 14.1. The average molecular weight is 867 g/mol. The second-order valence-electron chi connectivity index (χ2n) is 18.2. The standard InChI is InChI=1S/C47H54N12O5/c1-46(64)16-3-2-4-21-58-44(63)35-30-49-45(54-41(35)59(58)39-7-5-6-38(46)52-39)50-31-8-10-32(11-9-31)56-24-26-57(27-25-56)34-14-17-47(29-34)18-22-55(23-19-47)33-15-20-48-37(28-33)43(62)51-36-12-13-40(60)53-42(36)61/h2,4-11,15,20,28,30,34,36,64H,3,12-14,16-19,21-27,29H2,1H3,(H,51,62)(H,49,50,54)(H,53,60,61)/b4-2-/t34?,36?,46-/m1/s1. The Bertz CT molecular complexity index is 2680. The van der Waals surface area contributed by atoms with Gasteiger partial charge in [0.15, 0.2) is 11.5 Å². The van der Waals surface area contributed by atoms with Crippen LogP contribution in [0.5, 0.6) is 0 Å². The number of carbonyl (C=O) groups excluding carboxylic acids is 3. The zero-order chi connectivity index (χ0) is 44.0. The number of hydrogen-bond acceptors (Lipinski definition) is 13. The number of allylic oxidation sites excluding steroid dienone is 2. The van der Waals surface area contributed by atoms with Crippen molar-refractivity contribution in [1.29, 1.82) is 0 Å². The first-order chi connectivity index (χ1) is 31.0. The summed E-state index contributed by atoms with van der Waals surface area (Å²) in [5.74, 6) is -0.339. The summed E-state index contributed by atoms with van der Waals surface area (Å²) < 4.78 is 3.33. The van der Waals surface area contributed by atoms with E-state index in [1.165, 1.54) is 24.9 Å². The van der Waals surface area contributed by atoms with Crippen LogP contribution in [0.25, 0.3) is 16.9 Å². The molecule has 1 saturated carbocycles. The van der Waals surface area contributed by atoms with E-state index < -0.39 is 23.5 Å². The van der Waals surface area contributed by atoms with Crippen molar-refractivity contribution < 1.29 is 19.5 Å². The Morgan fingerprint density at radius 1 is 0.859 bits per heavy atom. The summed E-state index contributed by atoms with van der Waals surface area (Å²) in [5.41, 5.74) is 3.22. The number of pyridine rings is 2. The number of fused-ring (bicyclic) bond motifs is 6. The van der Waals surface area contributed by atoms with Gasteiger partial charge >= 0.3 is 0 Å². The fraction of sp³-hybridized carbons (Fsp3) is 0.447. The fourth-order valence-electron chi connectivity index (χ4n) is 10.3. The Kier molecular flexibility index (Phi) is 11.0. The molecule has 4 N–H and O–H groups in total. The molecule has 5 aromatic rings. The highest BCUT2D eigenvalue weighted by Crippen LogP contribution is 2.48. The van der Waals surface area contributed by atoms with Crippen molar-refractivity contribution in [3.63, 3.8) is 0 Å². The van der Waals surface area contributed by atoms with E-state index in [1.807, 2.05) is 54.6 Å². The summed E-state index contributed by atoms with van der Waals surface area (Å²) in [7, 11) is 0. The number of hydrogen-bond donors (Lipinski definition) is 4. The van der Waals surface area contributed by atoms with Gasteiger partial charge < -0.3 is 25.5 Å². The second-order valence-corrected chi connectivity index (χ2v) is 18.2. The van der Waals surface area contributed by atoms with Crippen LogP contribution in [0.2, 0.25) is 0 Å². The minimum Gasteiger partial charge on any atom is -0.384 e. The van der Waals surface area contributed by atoms with Gasteiger partial charge in [0, 0.05) is 81.2 Å². The zero-order valence-corrected chi connectivity index (χ0v) is 36.1. The Hall–Kier alpha value is -6.46. The minimum atomic E-state index is -1.12. The molecule has 1 spiro atoms. The molecule has 1 aromatic carbocycles. The highest BCUT2D eigenvalue weighted by Gasteiger charge is 2.43. The van der Waals surface area contributed by atoms with Gasteiger partial charge in [-0.15, -0.1) is 0 Å². The Morgan fingerprint density at radius 2 is 1.66 bits per heavy atom. The van der Waals surface area contributed by atoms with Crippen LogP contribution in [0.3, 0.4) is 0 Å². The van der Waals surface area contributed by atoms with Crippen LogP contribution in [-0.4, -0.2) is 108 Å². The number of carbonyl (C=O) groups is 3. The molecule has 4 aliphatic heterocycles. The van der Waals surface area contributed by atoms with Crippen LogP contribution >= 0.6 is 0 Å². The molecule has 2 unspecified atom stereocenters. The first kappa shape index (κ1) is 41.5. The summed E-state index contributed by atoms with van der Waals surface area (Å²) in [6.45, 7) is 7.91. The van der Waals surface area contributed by atoms with E-state index in [2.05, 4.69) is 52.8 Å². The quantitative estimate of drug-likeness (QED) is 0.135. The number of rotatable bonds is 7. The fourth-order valence-corrected chi connectivity index (χ4v) is 10.3. The van der Waals surface area contributed by atoms with Crippen LogP contribution in [0, 0.1) is 5.41 Å². The number of nitrogens with zero attached hydrogens (tertiary/aromatic N) is 9. The molecule has 2 bridgehead atoms. The highest BCUT2D eigenvalue weighted by molar-refractivity contribution is 6.03. The summed E-state index contributed by atoms with van der Waals surface area (Å²) in [6, 6.07) is 17.4. The Labute approximate surface area is 370 Å². The third-order valence-electron chi connectivity index (χ3n) is 14.1. The van der Waals surface area contributed by atoms with Gasteiger partial charge in [-0.25, -0.2) is 19.3 Å². The molecule has 1 aliphatic carbocycles. The van der Waals surface area contributed by atoms with E-state index in [-0.39, 0.29) is 30.0 Å². The molecular weight excluding hydrogens is 813 g/mol. The molecule has 3 amide bonds. The Morgan fingerprint density at radius 3 is 2.45 bits per heavy atom. The van der Waals surface area contributed by atoms with E-state index in [0.29, 0.717) is 59.3 Å². The highest BCUT2D eigenvalue weighted by atomic mass is 16.3. The number of piperazine rings is 1. The number of anilines is 4. The lowest BCUT2D eigenvalue weighted by atomic mass is 9.76. The maximum atomic E-state index is 13.6. The molecule has 10 rings (SSSR count). The first-order valence-corrected chi connectivity index (χ1v) is 22.6. The number of piperidine rings is 2. The van der Waals surface area contributed by atoms with E-state index in [9.17, 15) is 24.3 Å². The van der Waals surface area contributed by atoms with Crippen LogP contribution in [0.1, 0.15) is 80.9 Å². The molecule has 5 aliphatic rings. The smallest absolute Gasteiger partial charge is 0.278 e. The zero-order valence-electron chi connectivity index (χ0n) is 36.1. The van der Waals surface area contributed by atoms with Crippen LogP contribution in [-0.2, 0) is 21.7 Å². The lowest BCUT2D eigenvalue weighted by Crippen LogP contribution is -2.52. The summed E-state index contributed by atoms with van der Waals surface area (Å²) in [4.78, 5) is 76.2. The average Bonchev–Trinajstić information content (AvgIpc) is 3.84. The molecule has 4 aromatic heterocycles. The number of nitrogens with one attached hydrogen (secondary N) is 3. The molecule has 17 nitrogen and oxygen atoms in total. The minimum absolute atomic E-state index is 0.201. The van der Waals surface area contributed by atoms with Crippen molar-refractivity contribution >= 4 is 51.8 Å². The van der Waals surface area contributed by atoms with E-state index >= 15 is 0 Å². The van der Waals surface area contributed by atoms with Gasteiger partial charge in [-0.3, -0.25) is 34.4 Å². The van der Waals surface area contributed by atoms with E-state index in [4.69, 9.17) is 9.97 Å². The number of aromatic nitrogens is 6. The molecule has 332 valence electrons. The second kappa shape index (κ2) is 16.9. The number of aliphatic hydroxyl groups is 1. The summed E-state index contributed by atoms with van der Waals surface area (Å²) in [6.07, 6.45) is 14.7. The van der Waals surface area contributed by atoms with Gasteiger partial charge in [-0.2, -0.15) is 4.98 Å². The molecule has 4 fully saturated rings. The number of benzene rings is 1. The van der Waals surface area contributed by atoms with E-state index in [0.717, 1.165) is 63.5 Å². The normalized spacial score (nSPS) is 24.2. The number of amides is 3. The SMILES string of the molecule is C[C@@]1(O)CC/C=C\Cn2c(=O)c3cnc(Nc4ccc(N5CCN(C6CCC7(CCN(c8ccnc(C(=O)NC9CCC(=O)NC9=O)c8)CC7)C6)CC5)cc4)nc3n2-c2cccc1n2. The van der Waals surface area contributed by atoms with Crippen molar-refractivity contribution in [2.45, 2.75) is 88.9 Å². The van der Waals surface area contributed by atoms with Gasteiger partial charge in [0.2, 0.25) is 17.8 Å². The molecule has 3 saturated heterocycles. The third kappa shape index (κ3) is 8.25. The van der Waals surface area contributed by atoms with Crippen molar-refractivity contribution in [1.82, 2.24) is 44.8 Å². The van der Waals surface area contributed by atoms with E-state index in [1.54, 1.807) is 28.7 Å². The van der Waals surface area contributed by atoms with Crippen molar-refractivity contribution in [3.8, 4) is 5.82 Å². The molecule has 0 radical (unpaired) electrons. The monoisotopic (exact) mass is 866 g/mol. The van der Waals surface area contributed by atoms with Crippen molar-refractivity contribution in [3.05, 3.63) is 101 Å². The van der Waals surface area contributed by atoms with Crippen LogP contribution in [0.4, 0.5) is 23.0 Å².